The zero-order chi connectivity index (χ0) is 6.53. The summed E-state index contributed by atoms with van der Waals surface area (Å²) in [4.78, 5) is 0. The summed E-state index contributed by atoms with van der Waals surface area (Å²) in [6.07, 6.45) is 6.06. The fourth-order valence-electron chi connectivity index (χ4n) is 0.729. The number of rotatable bonds is 3. The van der Waals surface area contributed by atoms with Crippen LogP contribution < -0.4 is 5.73 Å². The molecule has 0 unspecified atom stereocenters. The average molecular weight is 123 g/mol. The second kappa shape index (κ2) is 3.30. The van der Waals surface area contributed by atoms with Crippen LogP contribution in [-0.2, 0) is 6.54 Å². The van der Waals surface area contributed by atoms with E-state index in [4.69, 9.17) is 5.73 Å². The Bertz CT molecular complexity index is 144. The van der Waals surface area contributed by atoms with Gasteiger partial charge in [0.05, 0.1) is 6.20 Å². The van der Waals surface area contributed by atoms with Crippen molar-refractivity contribution in [2.24, 2.45) is 5.73 Å². The van der Waals surface area contributed by atoms with Gasteiger partial charge in [0.1, 0.15) is 0 Å². The molecule has 1 aromatic rings. The van der Waals surface area contributed by atoms with Gasteiger partial charge in [-0.3, -0.25) is 0 Å². The predicted molar refractivity (Wildman–Crippen MR) is 36.9 cm³/mol. The minimum Gasteiger partial charge on any atom is -0.346 e. The average Bonchev–Trinajstić information content (AvgIpc) is 2.34. The lowest BCUT2D eigenvalue weighted by Gasteiger charge is -1.97. The zero-order valence-corrected chi connectivity index (χ0v) is 5.38. The van der Waals surface area contributed by atoms with Gasteiger partial charge in [0.15, 0.2) is 0 Å². The Labute approximate surface area is 55.3 Å². The predicted octanol–water partition coefficient (Wildman–Crippen LogP) is 0.637. The van der Waals surface area contributed by atoms with E-state index in [9.17, 15) is 0 Å². The molecule has 9 heavy (non-hydrogen) atoms. The van der Waals surface area contributed by atoms with Crippen LogP contribution in [0.1, 0.15) is 6.42 Å². The molecule has 1 rings (SSSR count). The lowest BCUT2D eigenvalue weighted by molar-refractivity contribution is 0.650. The highest BCUT2D eigenvalue weighted by Crippen LogP contribution is 1.89. The number of aromatic nitrogens is 1. The number of hydrogen-bond acceptors (Lipinski definition) is 1. The monoisotopic (exact) mass is 123 g/mol. The molecule has 0 aliphatic rings. The Balaban J connectivity index is 2.30. The van der Waals surface area contributed by atoms with Gasteiger partial charge in [0.25, 0.3) is 0 Å². The number of nitrogens with two attached hydrogens (primary N) is 1. The third-order valence-electron chi connectivity index (χ3n) is 1.21. The van der Waals surface area contributed by atoms with Crippen LogP contribution in [0.4, 0.5) is 0 Å². The maximum atomic E-state index is 5.32. The molecule has 0 aromatic carbocycles. The summed E-state index contributed by atoms with van der Waals surface area (Å²) >= 11 is 0. The lowest BCUT2D eigenvalue weighted by Crippen LogP contribution is -2.03. The van der Waals surface area contributed by atoms with Crippen LogP contribution in [0.2, 0.25) is 0 Å². The summed E-state index contributed by atoms with van der Waals surface area (Å²) in [6, 6.07) is 3.87. The van der Waals surface area contributed by atoms with Crippen LogP contribution >= 0.6 is 0 Å². The summed E-state index contributed by atoms with van der Waals surface area (Å²) < 4.78 is 2.01. The van der Waals surface area contributed by atoms with Gasteiger partial charge in [0, 0.05) is 12.7 Å². The maximum Gasteiger partial charge on any atom is 0.0647 e. The molecule has 0 spiro atoms. The topological polar surface area (TPSA) is 30.9 Å². The minimum absolute atomic E-state index is 0.756. The Morgan fingerprint density at radius 1 is 1.56 bits per heavy atom. The molecule has 0 amide bonds. The fraction of sp³-hybridized carbons (Fsp3) is 0.429. The van der Waals surface area contributed by atoms with E-state index < -0.39 is 0 Å². The molecule has 0 saturated carbocycles. The Kier molecular flexibility index (Phi) is 2.33. The van der Waals surface area contributed by atoms with E-state index >= 15 is 0 Å². The van der Waals surface area contributed by atoms with E-state index in [1.165, 1.54) is 0 Å². The van der Waals surface area contributed by atoms with Gasteiger partial charge >= 0.3 is 0 Å². The summed E-state index contributed by atoms with van der Waals surface area (Å²) in [5.74, 6) is 0. The molecule has 0 aliphatic heterocycles. The molecular formula is C7H11N2. The van der Waals surface area contributed by atoms with Crippen molar-refractivity contribution in [3.05, 3.63) is 24.5 Å². The van der Waals surface area contributed by atoms with E-state index in [1.807, 2.05) is 22.9 Å². The van der Waals surface area contributed by atoms with Crippen LogP contribution in [0.5, 0.6) is 0 Å². The molecule has 0 aliphatic carbocycles. The van der Waals surface area contributed by atoms with Crippen molar-refractivity contribution >= 4 is 0 Å². The van der Waals surface area contributed by atoms with Crippen molar-refractivity contribution in [3.8, 4) is 0 Å². The SMILES string of the molecule is NCCCn1[c]ccc1. The minimum atomic E-state index is 0.756. The highest BCUT2D eigenvalue weighted by atomic mass is 14.9. The van der Waals surface area contributed by atoms with E-state index in [-0.39, 0.29) is 0 Å². The van der Waals surface area contributed by atoms with Gasteiger partial charge in [-0.2, -0.15) is 0 Å². The first-order valence-corrected chi connectivity index (χ1v) is 3.16. The van der Waals surface area contributed by atoms with Crippen LogP contribution in [0.25, 0.3) is 0 Å². The third kappa shape index (κ3) is 1.90. The van der Waals surface area contributed by atoms with E-state index in [0.29, 0.717) is 0 Å². The van der Waals surface area contributed by atoms with Crippen LogP contribution in [0, 0.1) is 6.20 Å². The van der Waals surface area contributed by atoms with Gasteiger partial charge < -0.3 is 10.3 Å². The highest BCUT2D eigenvalue weighted by Gasteiger charge is 1.85. The van der Waals surface area contributed by atoms with Crippen molar-refractivity contribution in [3.63, 3.8) is 0 Å². The fourth-order valence-corrected chi connectivity index (χ4v) is 0.729. The molecule has 49 valence electrons. The van der Waals surface area contributed by atoms with Crippen LogP contribution in [0.3, 0.4) is 0 Å². The summed E-state index contributed by atoms with van der Waals surface area (Å²) in [5.41, 5.74) is 5.32. The zero-order valence-electron chi connectivity index (χ0n) is 5.38. The second-order valence-electron chi connectivity index (χ2n) is 1.97. The van der Waals surface area contributed by atoms with Crippen LogP contribution in [-0.4, -0.2) is 11.1 Å². The second-order valence-corrected chi connectivity index (χ2v) is 1.97. The van der Waals surface area contributed by atoms with E-state index in [2.05, 4.69) is 6.20 Å². The van der Waals surface area contributed by atoms with Gasteiger partial charge in [0.2, 0.25) is 0 Å². The largest absolute Gasteiger partial charge is 0.346 e. The summed E-state index contributed by atoms with van der Waals surface area (Å²) in [6.45, 7) is 1.75. The summed E-state index contributed by atoms with van der Waals surface area (Å²) in [7, 11) is 0. The molecule has 2 N–H and O–H groups in total. The lowest BCUT2D eigenvalue weighted by atomic mass is 10.4. The number of aryl methyl sites for hydroxylation is 1. The van der Waals surface area contributed by atoms with E-state index in [1.54, 1.807) is 0 Å². The molecule has 1 heterocycles. The quantitative estimate of drug-likeness (QED) is 0.628. The number of nitrogens with zero attached hydrogens (tertiary/aromatic N) is 1. The highest BCUT2D eigenvalue weighted by molar-refractivity contribution is 4.88. The molecule has 2 heteroatoms. The Morgan fingerprint density at radius 2 is 2.44 bits per heavy atom. The number of hydrogen-bond donors (Lipinski definition) is 1. The molecule has 1 aromatic heterocycles. The molecule has 0 atom stereocenters. The first-order chi connectivity index (χ1) is 4.43. The smallest absolute Gasteiger partial charge is 0.0647 e. The van der Waals surface area contributed by atoms with Crippen molar-refractivity contribution < 1.29 is 0 Å². The molecule has 0 bridgehead atoms. The third-order valence-corrected chi connectivity index (χ3v) is 1.21. The Morgan fingerprint density at radius 3 is 3.00 bits per heavy atom. The van der Waals surface area contributed by atoms with Gasteiger partial charge in [-0.25, -0.2) is 0 Å². The van der Waals surface area contributed by atoms with Crippen molar-refractivity contribution in [1.82, 2.24) is 4.57 Å². The maximum absolute atomic E-state index is 5.32. The molecule has 0 saturated heterocycles. The van der Waals surface area contributed by atoms with E-state index in [0.717, 1.165) is 19.5 Å². The van der Waals surface area contributed by atoms with Crippen LogP contribution in [0.15, 0.2) is 18.3 Å². The molecule has 2 nitrogen and oxygen atoms in total. The first-order valence-electron chi connectivity index (χ1n) is 3.16. The summed E-state index contributed by atoms with van der Waals surface area (Å²) in [5, 5.41) is 0. The van der Waals surface area contributed by atoms with Crippen molar-refractivity contribution in [2.75, 3.05) is 6.54 Å². The Hall–Kier alpha value is -0.760. The standard InChI is InChI=1S/C7H11N2/c8-4-3-7-9-5-1-2-6-9/h1-2,5H,3-4,7-8H2. The van der Waals surface area contributed by atoms with Crippen molar-refractivity contribution in [1.29, 1.82) is 0 Å². The van der Waals surface area contributed by atoms with Gasteiger partial charge in [-0.05, 0) is 25.1 Å². The van der Waals surface area contributed by atoms with Crippen molar-refractivity contribution in [2.45, 2.75) is 13.0 Å². The normalized spacial score (nSPS) is 9.89. The first kappa shape index (κ1) is 6.36. The molecule has 1 radical (unpaired) electrons. The molecular weight excluding hydrogens is 112 g/mol. The molecule has 0 fully saturated rings. The van der Waals surface area contributed by atoms with Gasteiger partial charge in [-0.15, -0.1) is 0 Å². The van der Waals surface area contributed by atoms with Gasteiger partial charge in [-0.1, -0.05) is 0 Å².